The number of nitrogens with one attached hydrogen (secondary N) is 1. The van der Waals surface area contributed by atoms with Gasteiger partial charge in [0.2, 0.25) is 0 Å². The van der Waals surface area contributed by atoms with Crippen LogP contribution in [0.2, 0.25) is 0 Å². The average Bonchev–Trinajstić information content (AvgIpc) is 2.23. The summed E-state index contributed by atoms with van der Waals surface area (Å²) < 4.78 is 0. The second kappa shape index (κ2) is 4.33. The van der Waals surface area contributed by atoms with Crippen molar-refractivity contribution >= 4 is 0 Å². The van der Waals surface area contributed by atoms with E-state index in [1.807, 2.05) is 0 Å². The van der Waals surface area contributed by atoms with Crippen LogP contribution in [-0.2, 0) is 0 Å². The summed E-state index contributed by atoms with van der Waals surface area (Å²) in [5, 5.41) is 13.2. The van der Waals surface area contributed by atoms with Gasteiger partial charge in [0, 0.05) is 12.5 Å². The number of hydrogen-bond donors (Lipinski definition) is 2. The van der Waals surface area contributed by atoms with E-state index in [2.05, 4.69) is 37.4 Å². The molecular weight excluding hydrogens is 186 g/mol. The van der Waals surface area contributed by atoms with Gasteiger partial charge in [0.1, 0.15) is 0 Å². The van der Waals surface area contributed by atoms with Crippen LogP contribution in [0, 0.1) is 13.8 Å². The fourth-order valence-electron chi connectivity index (χ4n) is 2.38. The van der Waals surface area contributed by atoms with Gasteiger partial charge in [0.25, 0.3) is 0 Å². The Kier molecular flexibility index (Phi) is 3.08. The molecule has 0 saturated carbocycles. The van der Waals surface area contributed by atoms with Crippen molar-refractivity contribution < 1.29 is 5.11 Å². The fraction of sp³-hybridized carbons (Fsp3) is 0.538. The van der Waals surface area contributed by atoms with Crippen molar-refractivity contribution in [3.63, 3.8) is 0 Å². The highest BCUT2D eigenvalue weighted by atomic mass is 16.3. The monoisotopic (exact) mass is 205 g/mol. The van der Waals surface area contributed by atoms with E-state index in [0.717, 1.165) is 19.5 Å². The third kappa shape index (κ3) is 2.06. The van der Waals surface area contributed by atoms with E-state index in [1.54, 1.807) is 0 Å². The van der Waals surface area contributed by atoms with Gasteiger partial charge < -0.3 is 10.4 Å². The van der Waals surface area contributed by atoms with Gasteiger partial charge >= 0.3 is 0 Å². The highest BCUT2D eigenvalue weighted by molar-refractivity contribution is 5.36. The highest BCUT2D eigenvalue weighted by Gasteiger charge is 2.25. The molecule has 0 radical (unpaired) electrons. The molecule has 0 bridgehead atoms. The lowest BCUT2D eigenvalue weighted by atomic mass is 9.84. The standard InChI is InChI=1S/C13H19NO/c1-9-4-3-5-11(10(9)2)12-6-7-14-8-13(12)15/h3-5,12-15H,6-8H2,1-2H3/t12-,13?/m0/s1. The van der Waals surface area contributed by atoms with Crippen molar-refractivity contribution in [2.75, 3.05) is 13.1 Å². The maximum atomic E-state index is 9.98. The number of piperidine rings is 1. The third-order valence-electron chi connectivity index (χ3n) is 3.50. The molecule has 2 heteroatoms. The van der Waals surface area contributed by atoms with Gasteiger partial charge in [0.05, 0.1) is 6.10 Å². The van der Waals surface area contributed by atoms with Crippen molar-refractivity contribution in [1.29, 1.82) is 0 Å². The molecule has 1 aromatic carbocycles. The highest BCUT2D eigenvalue weighted by Crippen LogP contribution is 2.29. The minimum Gasteiger partial charge on any atom is -0.391 e. The molecule has 0 aliphatic carbocycles. The molecule has 2 nitrogen and oxygen atoms in total. The summed E-state index contributed by atoms with van der Waals surface area (Å²) in [6.07, 6.45) is 0.796. The second-order valence-corrected chi connectivity index (χ2v) is 4.46. The molecule has 1 aliphatic heterocycles. The van der Waals surface area contributed by atoms with Crippen LogP contribution in [0.3, 0.4) is 0 Å². The summed E-state index contributed by atoms with van der Waals surface area (Å²) in [5.74, 6) is 0.311. The molecule has 0 aromatic heterocycles. The first-order chi connectivity index (χ1) is 7.20. The Morgan fingerprint density at radius 2 is 2.13 bits per heavy atom. The number of hydrogen-bond acceptors (Lipinski definition) is 2. The molecular formula is C13H19NO. The first-order valence-corrected chi connectivity index (χ1v) is 5.65. The van der Waals surface area contributed by atoms with Gasteiger partial charge in [-0.25, -0.2) is 0 Å². The molecule has 1 aromatic rings. The van der Waals surface area contributed by atoms with E-state index in [0.29, 0.717) is 5.92 Å². The zero-order valence-corrected chi connectivity index (χ0v) is 9.46. The van der Waals surface area contributed by atoms with Gasteiger partial charge in [-0.15, -0.1) is 0 Å². The van der Waals surface area contributed by atoms with E-state index >= 15 is 0 Å². The molecule has 82 valence electrons. The topological polar surface area (TPSA) is 32.3 Å². The SMILES string of the molecule is Cc1cccc([C@@H]2CCNCC2O)c1C. The van der Waals surface area contributed by atoms with Crippen molar-refractivity contribution in [3.8, 4) is 0 Å². The molecule has 2 N–H and O–H groups in total. The quantitative estimate of drug-likeness (QED) is 0.732. The molecule has 1 aliphatic rings. The third-order valence-corrected chi connectivity index (χ3v) is 3.50. The number of aliphatic hydroxyl groups excluding tert-OH is 1. The van der Waals surface area contributed by atoms with Crippen LogP contribution in [-0.4, -0.2) is 24.3 Å². The largest absolute Gasteiger partial charge is 0.391 e. The lowest BCUT2D eigenvalue weighted by molar-refractivity contribution is 0.118. The number of aryl methyl sites for hydroxylation is 1. The first-order valence-electron chi connectivity index (χ1n) is 5.65. The first kappa shape index (κ1) is 10.7. The summed E-state index contributed by atoms with van der Waals surface area (Å²) in [6, 6.07) is 6.38. The minimum atomic E-state index is -0.237. The summed E-state index contributed by atoms with van der Waals surface area (Å²) in [4.78, 5) is 0. The van der Waals surface area contributed by atoms with Crippen LogP contribution in [0.25, 0.3) is 0 Å². The Labute approximate surface area is 91.3 Å². The summed E-state index contributed by atoms with van der Waals surface area (Å²) in [7, 11) is 0. The van der Waals surface area contributed by atoms with Crippen molar-refractivity contribution in [1.82, 2.24) is 5.32 Å². The van der Waals surface area contributed by atoms with Gasteiger partial charge in [-0.2, -0.15) is 0 Å². The second-order valence-electron chi connectivity index (χ2n) is 4.46. The van der Waals surface area contributed by atoms with Crippen LogP contribution in [0.4, 0.5) is 0 Å². The van der Waals surface area contributed by atoms with Crippen LogP contribution < -0.4 is 5.32 Å². The Morgan fingerprint density at radius 1 is 1.33 bits per heavy atom. The molecule has 2 atom stereocenters. The number of β-amino-alcohol motifs (C(OH)–C–C–N with tert-alkyl or cyclic N) is 1. The lowest BCUT2D eigenvalue weighted by Gasteiger charge is -2.30. The Hall–Kier alpha value is -0.860. The van der Waals surface area contributed by atoms with Gasteiger partial charge in [-0.1, -0.05) is 18.2 Å². The van der Waals surface area contributed by atoms with Gasteiger partial charge in [0.15, 0.2) is 0 Å². The molecule has 1 unspecified atom stereocenters. The van der Waals surface area contributed by atoms with Gasteiger partial charge in [-0.05, 0) is 43.5 Å². The Morgan fingerprint density at radius 3 is 2.87 bits per heavy atom. The van der Waals surface area contributed by atoms with E-state index in [1.165, 1.54) is 16.7 Å². The summed E-state index contributed by atoms with van der Waals surface area (Å²) in [5.41, 5.74) is 3.98. The predicted molar refractivity (Wildman–Crippen MR) is 62.2 cm³/mol. The molecule has 1 saturated heterocycles. The van der Waals surface area contributed by atoms with Crippen molar-refractivity contribution in [3.05, 3.63) is 34.9 Å². The number of aliphatic hydroxyl groups is 1. The average molecular weight is 205 g/mol. The molecule has 2 rings (SSSR count). The molecule has 0 spiro atoms. The van der Waals surface area contributed by atoms with E-state index in [-0.39, 0.29) is 6.10 Å². The summed E-state index contributed by atoms with van der Waals surface area (Å²) >= 11 is 0. The fourth-order valence-corrected chi connectivity index (χ4v) is 2.38. The molecule has 1 fully saturated rings. The van der Waals surface area contributed by atoms with E-state index in [4.69, 9.17) is 0 Å². The number of rotatable bonds is 1. The smallest absolute Gasteiger partial charge is 0.0733 e. The number of benzene rings is 1. The predicted octanol–water partition coefficient (Wildman–Crippen LogP) is 1.74. The van der Waals surface area contributed by atoms with E-state index in [9.17, 15) is 5.11 Å². The van der Waals surface area contributed by atoms with Crippen LogP contribution in [0.15, 0.2) is 18.2 Å². The molecule has 1 heterocycles. The lowest BCUT2D eigenvalue weighted by Crippen LogP contribution is -2.39. The zero-order valence-electron chi connectivity index (χ0n) is 9.46. The Balaban J connectivity index is 2.31. The van der Waals surface area contributed by atoms with Crippen LogP contribution in [0.5, 0.6) is 0 Å². The van der Waals surface area contributed by atoms with Crippen LogP contribution >= 0.6 is 0 Å². The van der Waals surface area contributed by atoms with Crippen molar-refractivity contribution in [2.24, 2.45) is 0 Å². The van der Waals surface area contributed by atoms with E-state index < -0.39 is 0 Å². The normalized spacial score (nSPS) is 26.6. The maximum Gasteiger partial charge on any atom is 0.0733 e. The molecule has 0 amide bonds. The molecule has 15 heavy (non-hydrogen) atoms. The maximum absolute atomic E-state index is 9.98. The van der Waals surface area contributed by atoms with Crippen molar-refractivity contribution in [2.45, 2.75) is 32.3 Å². The minimum absolute atomic E-state index is 0.237. The zero-order chi connectivity index (χ0) is 10.8. The van der Waals surface area contributed by atoms with Gasteiger partial charge in [-0.3, -0.25) is 0 Å². The summed E-state index contributed by atoms with van der Waals surface area (Å²) in [6.45, 7) is 6.01. The van der Waals surface area contributed by atoms with Crippen LogP contribution in [0.1, 0.15) is 29.0 Å². The Bertz CT molecular complexity index is 348.